The Balaban J connectivity index is 1.97. The highest BCUT2D eigenvalue weighted by Gasteiger charge is 2.08. The molecule has 0 radical (unpaired) electrons. The molecule has 26 heavy (non-hydrogen) atoms. The predicted molar refractivity (Wildman–Crippen MR) is 98.7 cm³/mol. The van der Waals surface area contributed by atoms with Crippen LogP contribution >= 0.6 is 0 Å². The molecule has 0 bridgehead atoms. The molecular formula is C19H23N3O4. The molecular weight excluding hydrogens is 334 g/mol. The largest absolute Gasteiger partial charge is 0.462 e. The van der Waals surface area contributed by atoms with Gasteiger partial charge in [0.2, 0.25) is 0 Å². The maximum atomic E-state index is 12.1. The fourth-order valence-corrected chi connectivity index (χ4v) is 2.21. The van der Waals surface area contributed by atoms with Crippen molar-refractivity contribution in [3.05, 3.63) is 53.7 Å². The molecule has 1 aromatic heterocycles. The first kappa shape index (κ1) is 19.4. The molecule has 1 heterocycles. The third-order valence-electron chi connectivity index (χ3n) is 3.50. The Kier molecular flexibility index (Phi) is 7.57. The van der Waals surface area contributed by atoms with E-state index < -0.39 is 0 Å². The van der Waals surface area contributed by atoms with Crippen LogP contribution in [0.15, 0.2) is 42.6 Å². The number of rotatable bonds is 9. The molecule has 1 amide bonds. The number of hydrogen-bond donors (Lipinski definition) is 2. The highest BCUT2D eigenvalue weighted by molar-refractivity contribution is 5.95. The number of pyridine rings is 1. The Morgan fingerprint density at radius 1 is 1.12 bits per heavy atom. The lowest BCUT2D eigenvalue weighted by atomic mass is 10.2. The maximum absolute atomic E-state index is 12.1. The second-order valence-corrected chi connectivity index (χ2v) is 5.45. The summed E-state index contributed by atoms with van der Waals surface area (Å²) in [6.45, 7) is 3.25. The molecule has 2 N–H and O–H groups in total. The molecule has 0 aliphatic carbocycles. The molecule has 2 rings (SSSR count). The van der Waals surface area contributed by atoms with Gasteiger partial charge < -0.3 is 20.1 Å². The lowest BCUT2D eigenvalue weighted by Gasteiger charge is -2.09. The monoisotopic (exact) mass is 357 g/mol. The van der Waals surface area contributed by atoms with Crippen LogP contribution in [0.3, 0.4) is 0 Å². The standard InChI is InChI=1S/C19H23N3O4/c1-3-26-19(24)14-5-7-16(8-6-14)22-17-13-15(9-11-20-17)18(23)21-10-4-12-25-2/h5-9,11,13H,3-4,10,12H2,1-2H3,(H,20,22)(H,21,23). The van der Waals surface area contributed by atoms with E-state index in [0.717, 1.165) is 12.1 Å². The second-order valence-electron chi connectivity index (χ2n) is 5.45. The van der Waals surface area contributed by atoms with Gasteiger partial charge in [-0.1, -0.05) is 0 Å². The molecule has 0 fully saturated rings. The topological polar surface area (TPSA) is 89.5 Å². The van der Waals surface area contributed by atoms with Gasteiger partial charge in [-0.2, -0.15) is 0 Å². The van der Waals surface area contributed by atoms with Crippen LogP contribution in [-0.2, 0) is 9.47 Å². The number of anilines is 2. The summed E-state index contributed by atoms with van der Waals surface area (Å²) in [5.41, 5.74) is 1.75. The third kappa shape index (κ3) is 5.86. The Bertz CT molecular complexity index is 732. The number of carbonyl (C=O) groups is 2. The van der Waals surface area contributed by atoms with Crippen molar-refractivity contribution in [2.45, 2.75) is 13.3 Å². The average Bonchev–Trinajstić information content (AvgIpc) is 2.66. The molecule has 0 aliphatic heterocycles. The summed E-state index contributed by atoms with van der Waals surface area (Å²) in [7, 11) is 1.63. The van der Waals surface area contributed by atoms with Gasteiger partial charge >= 0.3 is 5.97 Å². The van der Waals surface area contributed by atoms with E-state index >= 15 is 0 Å². The number of aromatic nitrogens is 1. The highest BCUT2D eigenvalue weighted by Crippen LogP contribution is 2.16. The van der Waals surface area contributed by atoms with Crippen molar-refractivity contribution in [3.63, 3.8) is 0 Å². The molecule has 0 atom stereocenters. The number of carbonyl (C=O) groups excluding carboxylic acids is 2. The third-order valence-corrected chi connectivity index (χ3v) is 3.50. The molecule has 138 valence electrons. The van der Waals surface area contributed by atoms with Crippen molar-refractivity contribution in [1.29, 1.82) is 0 Å². The zero-order valence-corrected chi connectivity index (χ0v) is 15.0. The number of hydrogen-bond acceptors (Lipinski definition) is 6. The van der Waals surface area contributed by atoms with Gasteiger partial charge in [0.25, 0.3) is 5.91 Å². The molecule has 0 spiro atoms. The molecule has 0 unspecified atom stereocenters. The highest BCUT2D eigenvalue weighted by atomic mass is 16.5. The van der Waals surface area contributed by atoms with Crippen molar-refractivity contribution in [2.24, 2.45) is 0 Å². The van der Waals surface area contributed by atoms with E-state index in [0.29, 0.717) is 36.7 Å². The SMILES string of the molecule is CCOC(=O)c1ccc(Nc2cc(C(=O)NCCCOC)ccn2)cc1. The molecule has 0 aliphatic rings. The van der Waals surface area contributed by atoms with Crippen LogP contribution in [0.5, 0.6) is 0 Å². The van der Waals surface area contributed by atoms with Crippen LogP contribution < -0.4 is 10.6 Å². The van der Waals surface area contributed by atoms with E-state index in [-0.39, 0.29) is 11.9 Å². The fraction of sp³-hybridized carbons (Fsp3) is 0.316. The average molecular weight is 357 g/mol. The fourth-order valence-electron chi connectivity index (χ4n) is 2.21. The van der Waals surface area contributed by atoms with E-state index in [1.165, 1.54) is 0 Å². The predicted octanol–water partition coefficient (Wildman–Crippen LogP) is 2.77. The smallest absolute Gasteiger partial charge is 0.338 e. The van der Waals surface area contributed by atoms with Gasteiger partial charge in [-0.25, -0.2) is 9.78 Å². The molecule has 7 heteroatoms. The Morgan fingerprint density at radius 3 is 2.58 bits per heavy atom. The number of methoxy groups -OCH3 is 1. The van der Waals surface area contributed by atoms with Crippen LogP contribution in [-0.4, -0.2) is 43.7 Å². The first-order chi connectivity index (χ1) is 12.6. The lowest BCUT2D eigenvalue weighted by Crippen LogP contribution is -2.25. The van der Waals surface area contributed by atoms with Crippen molar-refractivity contribution in [1.82, 2.24) is 10.3 Å². The minimum Gasteiger partial charge on any atom is -0.462 e. The van der Waals surface area contributed by atoms with Gasteiger partial charge in [0, 0.05) is 37.7 Å². The Morgan fingerprint density at radius 2 is 1.88 bits per heavy atom. The number of amides is 1. The van der Waals surface area contributed by atoms with E-state index in [2.05, 4.69) is 15.6 Å². The van der Waals surface area contributed by atoms with Gasteiger partial charge in [0.05, 0.1) is 12.2 Å². The summed E-state index contributed by atoms with van der Waals surface area (Å²) in [5.74, 6) is 0.0203. The van der Waals surface area contributed by atoms with Gasteiger partial charge in [0.15, 0.2) is 0 Å². The minimum absolute atomic E-state index is 0.163. The molecule has 7 nitrogen and oxygen atoms in total. The second kappa shape index (κ2) is 10.1. The van der Waals surface area contributed by atoms with Gasteiger partial charge in [0.1, 0.15) is 5.82 Å². The molecule has 0 saturated heterocycles. The van der Waals surface area contributed by atoms with E-state index in [9.17, 15) is 9.59 Å². The van der Waals surface area contributed by atoms with Crippen LogP contribution in [0, 0.1) is 0 Å². The normalized spacial score (nSPS) is 10.2. The van der Waals surface area contributed by atoms with Gasteiger partial charge in [-0.15, -0.1) is 0 Å². The first-order valence-corrected chi connectivity index (χ1v) is 8.41. The van der Waals surface area contributed by atoms with Crippen LogP contribution in [0.2, 0.25) is 0 Å². The summed E-state index contributed by atoms with van der Waals surface area (Å²) in [6.07, 6.45) is 2.32. The number of nitrogens with one attached hydrogen (secondary N) is 2. The molecule has 0 saturated carbocycles. The minimum atomic E-state index is -0.357. The van der Waals surface area contributed by atoms with Crippen LogP contribution in [0.25, 0.3) is 0 Å². The zero-order chi connectivity index (χ0) is 18.8. The molecule has 1 aromatic carbocycles. The van der Waals surface area contributed by atoms with Gasteiger partial charge in [-0.3, -0.25) is 4.79 Å². The number of ether oxygens (including phenoxy) is 2. The molecule has 2 aromatic rings. The van der Waals surface area contributed by atoms with E-state index in [1.807, 2.05) is 0 Å². The number of esters is 1. The van der Waals surface area contributed by atoms with Crippen molar-refractivity contribution < 1.29 is 19.1 Å². The van der Waals surface area contributed by atoms with E-state index in [1.54, 1.807) is 56.6 Å². The van der Waals surface area contributed by atoms with Crippen LogP contribution in [0.4, 0.5) is 11.5 Å². The van der Waals surface area contributed by atoms with Crippen molar-refractivity contribution in [2.75, 3.05) is 32.2 Å². The number of nitrogens with zero attached hydrogens (tertiary/aromatic N) is 1. The summed E-state index contributed by atoms with van der Waals surface area (Å²) < 4.78 is 9.90. The Hall–Kier alpha value is -2.93. The zero-order valence-electron chi connectivity index (χ0n) is 15.0. The first-order valence-electron chi connectivity index (χ1n) is 8.41. The van der Waals surface area contributed by atoms with Crippen molar-refractivity contribution >= 4 is 23.4 Å². The van der Waals surface area contributed by atoms with Gasteiger partial charge in [-0.05, 0) is 49.7 Å². The summed E-state index contributed by atoms with van der Waals surface area (Å²) in [4.78, 5) is 28.0. The lowest BCUT2D eigenvalue weighted by molar-refractivity contribution is 0.0526. The number of benzene rings is 1. The quantitative estimate of drug-likeness (QED) is 0.530. The summed E-state index contributed by atoms with van der Waals surface area (Å²) in [6, 6.07) is 10.2. The van der Waals surface area contributed by atoms with E-state index in [4.69, 9.17) is 9.47 Å². The maximum Gasteiger partial charge on any atom is 0.338 e. The van der Waals surface area contributed by atoms with Crippen molar-refractivity contribution in [3.8, 4) is 0 Å². The van der Waals surface area contributed by atoms with Crippen LogP contribution in [0.1, 0.15) is 34.1 Å². The summed E-state index contributed by atoms with van der Waals surface area (Å²) >= 11 is 0. The summed E-state index contributed by atoms with van der Waals surface area (Å²) in [5, 5.41) is 5.94. The Labute approximate surface area is 152 Å².